The zero-order valence-electron chi connectivity index (χ0n) is 6.38. The van der Waals surface area contributed by atoms with Gasteiger partial charge in [0.2, 0.25) is 0 Å². The Labute approximate surface area is 74.7 Å². The van der Waals surface area contributed by atoms with Crippen molar-refractivity contribution < 1.29 is 4.74 Å². The molecule has 5 heteroatoms. The zero-order valence-corrected chi connectivity index (χ0v) is 7.14. The molecule has 0 aliphatic carbocycles. The van der Waals surface area contributed by atoms with E-state index in [1.54, 1.807) is 0 Å². The molecule has 4 nitrogen and oxygen atoms in total. The Balaban J connectivity index is 2.57. The monoisotopic (exact) mass is 185 g/mol. The lowest BCUT2D eigenvalue weighted by Gasteiger charge is -2.17. The second-order valence-corrected chi connectivity index (χ2v) is 2.99. The van der Waals surface area contributed by atoms with E-state index in [-0.39, 0.29) is 0 Å². The second-order valence-electron chi connectivity index (χ2n) is 2.64. The van der Waals surface area contributed by atoms with Crippen LogP contribution in [0.1, 0.15) is 11.1 Å². The highest BCUT2D eigenvalue weighted by atomic mass is 35.5. The summed E-state index contributed by atoms with van der Waals surface area (Å²) in [5, 5.41) is 7.84. The van der Waals surface area contributed by atoms with Crippen LogP contribution in [0, 0.1) is 0 Å². The first kappa shape index (κ1) is 7.76. The van der Waals surface area contributed by atoms with E-state index < -0.39 is 0 Å². The van der Waals surface area contributed by atoms with Crippen molar-refractivity contribution in [3.8, 4) is 0 Å². The molecule has 0 aromatic carbocycles. The molecule has 0 radical (unpaired) electrons. The first-order valence-electron chi connectivity index (χ1n) is 3.66. The van der Waals surface area contributed by atoms with Crippen molar-refractivity contribution in [1.82, 2.24) is 10.2 Å². The summed E-state index contributed by atoms with van der Waals surface area (Å²) >= 11 is 5.80. The Hall–Kier alpha value is -0.870. The Bertz CT molecular complexity index is 285. The molecular weight excluding hydrogens is 178 g/mol. The molecule has 0 atom stereocenters. The maximum atomic E-state index is 5.80. The van der Waals surface area contributed by atoms with Gasteiger partial charge in [-0.3, -0.25) is 0 Å². The molecule has 0 saturated carbocycles. The van der Waals surface area contributed by atoms with Crippen LogP contribution < -0.4 is 5.73 Å². The van der Waals surface area contributed by atoms with E-state index in [0.29, 0.717) is 24.2 Å². The summed E-state index contributed by atoms with van der Waals surface area (Å²) < 4.78 is 5.22. The van der Waals surface area contributed by atoms with Crippen molar-refractivity contribution in [1.29, 1.82) is 0 Å². The Kier molecular flexibility index (Phi) is 1.86. The predicted molar refractivity (Wildman–Crippen MR) is 44.8 cm³/mol. The number of ether oxygens (including phenoxy) is 1. The van der Waals surface area contributed by atoms with Crippen LogP contribution in [0.5, 0.6) is 0 Å². The van der Waals surface area contributed by atoms with E-state index in [1.165, 1.54) is 0 Å². The van der Waals surface area contributed by atoms with E-state index in [4.69, 9.17) is 22.1 Å². The van der Waals surface area contributed by atoms with Gasteiger partial charge in [0, 0.05) is 11.1 Å². The van der Waals surface area contributed by atoms with Gasteiger partial charge < -0.3 is 10.5 Å². The standard InChI is InChI=1S/C7H8ClN3O/c8-6-5-3-12-2-1-4(5)7(9)11-10-6/h1-3H2,(H2,9,11). The first-order valence-corrected chi connectivity index (χ1v) is 4.04. The molecule has 12 heavy (non-hydrogen) atoms. The number of nitrogen functional groups attached to an aromatic ring is 1. The molecule has 1 aliphatic rings. The summed E-state index contributed by atoms with van der Waals surface area (Å²) in [6.07, 6.45) is 0.774. The van der Waals surface area contributed by atoms with Gasteiger partial charge in [-0.15, -0.1) is 10.2 Å². The third kappa shape index (κ3) is 1.13. The molecule has 2 N–H and O–H groups in total. The number of hydrogen-bond donors (Lipinski definition) is 1. The topological polar surface area (TPSA) is 61.0 Å². The number of aromatic nitrogens is 2. The van der Waals surface area contributed by atoms with E-state index in [9.17, 15) is 0 Å². The molecule has 1 aromatic heterocycles. The first-order chi connectivity index (χ1) is 5.79. The number of hydrogen-bond acceptors (Lipinski definition) is 4. The lowest BCUT2D eigenvalue weighted by atomic mass is 10.1. The minimum atomic E-state index is 0.402. The van der Waals surface area contributed by atoms with Crippen LogP contribution in [-0.4, -0.2) is 16.8 Å². The maximum absolute atomic E-state index is 5.80. The Morgan fingerprint density at radius 2 is 2.17 bits per heavy atom. The lowest BCUT2D eigenvalue weighted by molar-refractivity contribution is 0.110. The van der Waals surface area contributed by atoms with Crippen molar-refractivity contribution in [2.24, 2.45) is 0 Å². The predicted octanol–water partition coefficient (Wildman–Crippen LogP) is 0.785. The smallest absolute Gasteiger partial charge is 0.157 e. The van der Waals surface area contributed by atoms with E-state index >= 15 is 0 Å². The largest absolute Gasteiger partial charge is 0.382 e. The van der Waals surface area contributed by atoms with E-state index in [2.05, 4.69) is 10.2 Å². The molecule has 1 aromatic rings. The quantitative estimate of drug-likeness (QED) is 0.649. The van der Waals surface area contributed by atoms with Gasteiger partial charge in [-0.2, -0.15) is 0 Å². The fourth-order valence-corrected chi connectivity index (χ4v) is 1.48. The molecule has 1 aliphatic heterocycles. The van der Waals surface area contributed by atoms with Crippen LogP contribution in [0.25, 0.3) is 0 Å². The average Bonchev–Trinajstić information content (AvgIpc) is 2.12. The molecule has 0 fully saturated rings. The van der Waals surface area contributed by atoms with E-state index in [0.717, 1.165) is 17.5 Å². The third-order valence-electron chi connectivity index (χ3n) is 1.91. The highest BCUT2D eigenvalue weighted by Crippen LogP contribution is 2.25. The van der Waals surface area contributed by atoms with Crippen LogP contribution >= 0.6 is 11.6 Å². The fraction of sp³-hybridized carbons (Fsp3) is 0.429. The highest BCUT2D eigenvalue weighted by molar-refractivity contribution is 6.30. The van der Waals surface area contributed by atoms with Crippen molar-refractivity contribution in [2.75, 3.05) is 12.3 Å². The normalized spacial score (nSPS) is 15.8. The minimum Gasteiger partial charge on any atom is -0.382 e. The van der Waals surface area contributed by atoms with Crippen molar-refractivity contribution in [2.45, 2.75) is 13.0 Å². The summed E-state index contributed by atoms with van der Waals surface area (Å²) in [7, 11) is 0. The van der Waals surface area contributed by atoms with Crippen molar-refractivity contribution >= 4 is 17.4 Å². The number of halogens is 1. The van der Waals surface area contributed by atoms with E-state index in [1.807, 2.05) is 0 Å². The molecule has 0 unspecified atom stereocenters. The maximum Gasteiger partial charge on any atom is 0.157 e. The SMILES string of the molecule is Nc1nnc(Cl)c2c1CCOC2. The van der Waals surface area contributed by atoms with Crippen LogP contribution in [0.4, 0.5) is 5.82 Å². The Morgan fingerprint density at radius 3 is 2.92 bits per heavy atom. The van der Waals surface area contributed by atoms with Gasteiger partial charge in [0.1, 0.15) is 5.82 Å². The fourth-order valence-electron chi connectivity index (χ4n) is 1.27. The molecule has 2 rings (SSSR count). The summed E-state index contributed by atoms with van der Waals surface area (Å²) in [5.74, 6) is 0.470. The average molecular weight is 186 g/mol. The third-order valence-corrected chi connectivity index (χ3v) is 2.21. The van der Waals surface area contributed by atoms with Crippen LogP contribution in [-0.2, 0) is 17.8 Å². The molecule has 2 heterocycles. The summed E-state index contributed by atoms with van der Waals surface area (Å²) in [5.41, 5.74) is 7.49. The molecular formula is C7H8ClN3O. The second kappa shape index (κ2) is 2.88. The zero-order chi connectivity index (χ0) is 8.55. The number of fused-ring (bicyclic) bond motifs is 1. The molecule has 64 valence electrons. The van der Waals surface area contributed by atoms with Gasteiger partial charge in [-0.25, -0.2) is 0 Å². The summed E-state index contributed by atoms with van der Waals surface area (Å²) in [6, 6.07) is 0. The number of rotatable bonds is 0. The van der Waals surface area contributed by atoms with Gasteiger partial charge in [0.25, 0.3) is 0 Å². The number of anilines is 1. The molecule has 0 spiro atoms. The van der Waals surface area contributed by atoms with Crippen molar-refractivity contribution in [3.63, 3.8) is 0 Å². The highest BCUT2D eigenvalue weighted by Gasteiger charge is 2.17. The van der Waals surface area contributed by atoms with Crippen LogP contribution in [0.2, 0.25) is 5.15 Å². The molecule has 0 bridgehead atoms. The number of nitrogens with two attached hydrogens (primary N) is 1. The van der Waals surface area contributed by atoms with Gasteiger partial charge in [-0.1, -0.05) is 11.6 Å². The lowest BCUT2D eigenvalue weighted by Crippen LogP contribution is -2.14. The number of nitrogens with zero attached hydrogens (tertiary/aromatic N) is 2. The molecule has 0 saturated heterocycles. The summed E-state index contributed by atoms with van der Waals surface area (Å²) in [6.45, 7) is 1.17. The van der Waals surface area contributed by atoms with Gasteiger partial charge >= 0.3 is 0 Å². The summed E-state index contributed by atoms with van der Waals surface area (Å²) in [4.78, 5) is 0. The van der Waals surface area contributed by atoms with Crippen LogP contribution in [0.15, 0.2) is 0 Å². The molecule has 0 amide bonds. The van der Waals surface area contributed by atoms with Crippen molar-refractivity contribution in [3.05, 3.63) is 16.3 Å². The van der Waals surface area contributed by atoms with Crippen LogP contribution in [0.3, 0.4) is 0 Å². The van der Waals surface area contributed by atoms with Gasteiger partial charge in [-0.05, 0) is 6.42 Å². The van der Waals surface area contributed by atoms with Gasteiger partial charge in [0.05, 0.1) is 13.2 Å². The Morgan fingerprint density at radius 1 is 1.33 bits per heavy atom. The van der Waals surface area contributed by atoms with Gasteiger partial charge in [0.15, 0.2) is 5.15 Å². The minimum absolute atomic E-state index is 0.402.